The number of methoxy groups -OCH3 is 1. The van der Waals surface area contributed by atoms with Gasteiger partial charge < -0.3 is 15.4 Å². The molecule has 1 saturated carbocycles. The van der Waals surface area contributed by atoms with E-state index in [0.29, 0.717) is 0 Å². The number of aryl methyl sites for hydroxylation is 1. The molecule has 1 aliphatic rings. The zero-order valence-corrected chi connectivity index (χ0v) is 15.6. The van der Waals surface area contributed by atoms with Crippen molar-refractivity contribution in [2.24, 2.45) is 0 Å². The van der Waals surface area contributed by atoms with Crippen molar-refractivity contribution in [3.05, 3.63) is 59.7 Å². The Labute approximate surface area is 156 Å². The van der Waals surface area contributed by atoms with E-state index in [0.717, 1.165) is 35.4 Å². The molecule has 1 unspecified atom stereocenters. The molecular weight excluding hydrogens is 324 g/mol. The van der Waals surface area contributed by atoms with Crippen molar-refractivity contribution in [3.8, 4) is 5.75 Å². The molecule has 4 nitrogen and oxygen atoms in total. The van der Waals surface area contributed by atoms with Gasteiger partial charge in [0.1, 0.15) is 11.8 Å². The standard InChI is InChI=1S/C22H28N2O2/c1-16-8-6-7-11-20(16)24-21(17-12-14-19(26-2)15-13-17)22(25)23-18-9-4-3-5-10-18/h6-8,11-15,18,21,24H,3-5,9-10H2,1-2H3,(H,23,25). The molecule has 0 heterocycles. The average molecular weight is 352 g/mol. The largest absolute Gasteiger partial charge is 0.497 e. The third-order valence-corrected chi connectivity index (χ3v) is 5.11. The van der Waals surface area contributed by atoms with E-state index in [2.05, 4.69) is 10.6 Å². The topological polar surface area (TPSA) is 50.4 Å². The second kappa shape index (κ2) is 8.75. The molecule has 0 radical (unpaired) electrons. The molecule has 0 spiro atoms. The monoisotopic (exact) mass is 352 g/mol. The summed E-state index contributed by atoms with van der Waals surface area (Å²) in [5, 5.41) is 6.69. The molecule has 1 aliphatic carbocycles. The van der Waals surface area contributed by atoms with E-state index in [1.807, 2.05) is 55.5 Å². The van der Waals surface area contributed by atoms with E-state index in [-0.39, 0.29) is 11.9 Å². The molecule has 2 aromatic rings. The van der Waals surface area contributed by atoms with Crippen LogP contribution in [0.2, 0.25) is 0 Å². The molecule has 1 fully saturated rings. The van der Waals surface area contributed by atoms with Gasteiger partial charge in [0.15, 0.2) is 0 Å². The van der Waals surface area contributed by atoms with Crippen molar-refractivity contribution in [1.29, 1.82) is 0 Å². The zero-order valence-electron chi connectivity index (χ0n) is 15.6. The first-order chi connectivity index (χ1) is 12.7. The fraction of sp³-hybridized carbons (Fsp3) is 0.409. The molecule has 0 saturated heterocycles. The van der Waals surface area contributed by atoms with Crippen LogP contribution < -0.4 is 15.4 Å². The summed E-state index contributed by atoms with van der Waals surface area (Å²) in [4.78, 5) is 13.1. The first-order valence-corrected chi connectivity index (χ1v) is 9.44. The van der Waals surface area contributed by atoms with Crippen molar-refractivity contribution in [2.75, 3.05) is 12.4 Å². The molecule has 0 bridgehead atoms. The van der Waals surface area contributed by atoms with Crippen LogP contribution in [0.3, 0.4) is 0 Å². The number of ether oxygens (including phenoxy) is 1. The summed E-state index contributed by atoms with van der Waals surface area (Å²) < 4.78 is 5.25. The van der Waals surface area contributed by atoms with E-state index < -0.39 is 6.04 Å². The molecule has 4 heteroatoms. The minimum absolute atomic E-state index is 0.0327. The molecule has 3 rings (SSSR count). The van der Waals surface area contributed by atoms with Crippen LogP contribution in [0.15, 0.2) is 48.5 Å². The summed E-state index contributed by atoms with van der Waals surface area (Å²) in [6.07, 6.45) is 5.82. The molecule has 138 valence electrons. The fourth-order valence-corrected chi connectivity index (χ4v) is 3.52. The summed E-state index contributed by atoms with van der Waals surface area (Å²) in [5.74, 6) is 0.821. The molecule has 1 atom stereocenters. The van der Waals surface area contributed by atoms with Gasteiger partial charge in [-0.1, -0.05) is 49.6 Å². The summed E-state index contributed by atoms with van der Waals surface area (Å²) in [6.45, 7) is 2.05. The molecule has 1 amide bonds. The predicted octanol–water partition coefficient (Wildman–Crippen LogP) is 4.61. The number of hydrogen-bond donors (Lipinski definition) is 2. The first kappa shape index (κ1) is 18.3. The van der Waals surface area contributed by atoms with Crippen molar-refractivity contribution in [2.45, 2.75) is 51.1 Å². The minimum Gasteiger partial charge on any atom is -0.497 e. The molecule has 0 aromatic heterocycles. The number of nitrogens with one attached hydrogen (secondary N) is 2. The number of benzene rings is 2. The summed E-state index contributed by atoms with van der Waals surface area (Å²) in [7, 11) is 1.65. The van der Waals surface area contributed by atoms with Gasteiger partial charge in [0.2, 0.25) is 5.91 Å². The lowest BCUT2D eigenvalue weighted by molar-refractivity contribution is -0.122. The SMILES string of the molecule is COc1ccc(C(Nc2ccccc2C)C(=O)NC2CCCCC2)cc1. The van der Waals surface area contributed by atoms with Gasteiger partial charge in [0.05, 0.1) is 7.11 Å². The lowest BCUT2D eigenvalue weighted by Gasteiger charge is -2.27. The third-order valence-electron chi connectivity index (χ3n) is 5.11. The van der Waals surface area contributed by atoms with Gasteiger partial charge in [0, 0.05) is 11.7 Å². The maximum Gasteiger partial charge on any atom is 0.247 e. The van der Waals surface area contributed by atoms with Crippen molar-refractivity contribution < 1.29 is 9.53 Å². The first-order valence-electron chi connectivity index (χ1n) is 9.44. The Hall–Kier alpha value is -2.49. The highest BCUT2D eigenvalue weighted by molar-refractivity contribution is 5.86. The maximum absolute atomic E-state index is 13.1. The van der Waals surface area contributed by atoms with Crippen LogP contribution in [0.25, 0.3) is 0 Å². The van der Waals surface area contributed by atoms with Crippen LogP contribution in [0.5, 0.6) is 5.75 Å². The van der Waals surface area contributed by atoms with Gasteiger partial charge in [-0.2, -0.15) is 0 Å². The average Bonchev–Trinajstić information content (AvgIpc) is 2.68. The van der Waals surface area contributed by atoms with Crippen molar-refractivity contribution >= 4 is 11.6 Å². The van der Waals surface area contributed by atoms with E-state index >= 15 is 0 Å². The van der Waals surface area contributed by atoms with Crippen molar-refractivity contribution in [1.82, 2.24) is 5.32 Å². The molecule has 2 N–H and O–H groups in total. The van der Waals surface area contributed by atoms with E-state index in [4.69, 9.17) is 4.74 Å². The normalized spacial score (nSPS) is 15.9. The zero-order chi connectivity index (χ0) is 18.4. The number of rotatable bonds is 6. The van der Waals surface area contributed by atoms with Crippen molar-refractivity contribution in [3.63, 3.8) is 0 Å². The second-order valence-electron chi connectivity index (χ2n) is 7.01. The minimum atomic E-state index is -0.427. The molecule has 26 heavy (non-hydrogen) atoms. The second-order valence-corrected chi connectivity index (χ2v) is 7.01. The van der Waals surface area contributed by atoms with E-state index in [1.165, 1.54) is 19.3 Å². The molecular formula is C22H28N2O2. The van der Waals surface area contributed by atoms with Crippen LogP contribution in [-0.2, 0) is 4.79 Å². The quantitative estimate of drug-likeness (QED) is 0.798. The summed E-state index contributed by atoms with van der Waals surface area (Å²) in [6, 6.07) is 15.6. The number of hydrogen-bond acceptors (Lipinski definition) is 3. The van der Waals surface area contributed by atoms with Gasteiger partial charge in [-0.15, -0.1) is 0 Å². The maximum atomic E-state index is 13.1. The predicted molar refractivity (Wildman–Crippen MR) is 106 cm³/mol. The van der Waals surface area contributed by atoms with Crippen LogP contribution in [-0.4, -0.2) is 19.1 Å². The number of amides is 1. The van der Waals surface area contributed by atoms with Crippen LogP contribution in [0.1, 0.15) is 49.3 Å². The third kappa shape index (κ3) is 4.57. The summed E-state index contributed by atoms with van der Waals surface area (Å²) >= 11 is 0. The number of carbonyl (C=O) groups excluding carboxylic acids is 1. The lowest BCUT2D eigenvalue weighted by atomic mass is 9.95. The van der Waals surface area contributed by atoms with Gasteiger partial charge in [-0.3, -0.25) is 4.79 Å². The lowest BCUT2D eigenvalue weighted by Crippen LogP contribution is -2.41. The van der Waals surface area contributed by atoms with Crippen LogP contribution in [0, 0.1) is 6.92 Å². The van der Waals surface area contributed by atoms with Crippen LogP contribution in [0.4, 0.5) is 5.69 Å². The highest BCUT2D eigenvalue weighted by Gasteiger charge is 2.24. The number of anilines is 1. The Bertz CT molecular complexity index is 721. The van der Waals surface area contributed by atoms with E-state index in [1.54, 1.807) is 7.11 Å². The van der Waals surface area contributed by atoms with Gasteiger partial charge >= 0.3 is 0 Å². The van der Waals surface area contributed by atoms with Gasteiger partial charge in [-0.25, -0.2) is 0 Å². The number of carbonyl (C=O) groups is 1. The Balaban J connectivity index is 1.82. The fourth-order valence-electron chi connectivity index (χ4n) is 3.52. The Morgan fingerprint density at radius 1 is 1.04 bits per heavy atom. The highest BCUT2D eigenvalue weighted by atomic mass is 16.5. The van der Waals surface area contributed by atoms with Gasteiger partial charge in [0.25, 0.3) is 0 Å². The van der Waals surface area contributed by atoms with Gasteiger partial charge in [-0.05, 0) is 49.1 Å². The number of para-hydroxylation sites is 1. The smallest absolute Gasteiger partial charge is 0.247 e. The highest BCUT2D eigenvalue weighted by Crippen LogP contribution is 2.25. The van der Waals surface area contributed by atoms with Crippen LogP contribution >= 0.6 is 0 Å². The molecule has 0 aliphatic heterocycles. The molecule has 2 aromatic carbocycles. The Morgan fingerprint density at radius 2 is 1.73 bits per heavy atom. The Morgan fingerprint density at radius 3 is 2.38 bits per heavy atom. The summed E-state index contributed by atoms with van der Waals surface area (Å²) in [5.41, 5.74) is 3.03. The Kier molecular flexibility index (Phi) is 6.16. The van der Waals surface area contributed by atoms with E-state index in [9.17, 15) is 4.79 Å².